The van der Waals surface area contributed by atoms with Crippen molar-refractivity contribution in [3.05, 3.63) is 0 Å². The molecular formula is C42H84O8. The number of hydrogen-bond acceptors (Lipinski definition) is 8. The zero-order chi connectivity index (χ0) is 37.5. The van der Waals surface area contributed by atoms with Crippen molar-refractivity contribution in [3.8, 4) is 0 Å². The van der Waals surface area contributed by atoms with Crippen molar-refractivity contribution in [1.82, 2.24) is 0 Å². The van der Waals surface area contributed by atoms with Gasteiger partial charge in [0.1, 0.15) is 0 Å². The molecule has 4 fully saturated rings. The van der Waals surface area contributed by atoms with E-state index >= 15 is 0 Å². The van der Waals surface area contributed by atoms with Gasteiger partial charge in [0.15, 0.2) is 25.2 Å². The molecule has 0 aromatic heterocycles. The SMILES string of the molecule is CCCC1OC(C)C(C)O1.CCCCC(CC)C1OC(C)C(C)O1.CCCCCC1OC(C)C(C)O1.CCCCCCCC1OC(C)C(C)O1. The Labute approximate surface area is 310 Å². The Bertz CT molecular complexity index is 745. The Balaban J connectivity index is 0.000000336. The Morgan fingerprint density at radius 2 is 0.660 bits per heavy atom. The molecule has 4 heterocycles. The molecular weight excluding hydrogens is 632 g/mol. The third-order valence-electron chi connectivity index (χ3n) is 10.5. The van der Waals surface area contributed by atoms with Crippen LogP contribution in [0.15, 0.2) is 0 Å². The van der Waals surface area contributed by atoms with Gasteiger partial charge in [-0.3, -0.25) is 0 Å². The maximum Gasteiger partial charge on any atom is 0.161 e. The first-order chi connectivity index (χ1) is 23.9. The summed E-state index contributed by atoms with van der Waals surface area (Å²) < 4.78 is 45.1. The van der Waals surface area contributed by atoms with Crippen LogP contribution in [0.2, 0.25) is 0 Å². The molecule has 4 aliphatic heterocycles. The van der Waals surface area contributed by atoms with Crippen LogP contribution in [-0.4, -0.2) is 74.0 Å². The maximum atomic E-state index is 5.80. The lowest BCUT2D eigenvalue weighted by molar-refractivity contribution is -0.104. The summed E-state index contributed by atoms with van der Waals surface area (Å²) in [6.07, 6.45) is 22.0. The van der Waals surface area contributed by atoms with Crippen LogP contribution in [0.1, 0.15) is 193 Å². The van der Waals surface area contributed by atoms with Gasteiger partial charge in [-0.2, -0.15) is 0 Å². The molecule has 9 unspecified atom stereocenters. The van der Waals surface area contributed by atoms with Crippen molar-refractivity contribution in [2.45, 2.75) is 267 Å². The van der Waals surface area contributed by atoms with Crippen molar-refractivity contribution >= 4 is 0 Å². The van der Waals surface area contributed by atoms with Crippen LogP contribution < -0.4 is 0 Å². The van der Waals surface area contributed by atoms with Crippen LogP contribution in [0.4, 0.5) is 0 Å². The van der Waals surface area contributed by atoms with E-state index in [9.17, 15) is 0 Å². The summed E-state index contributed by atoms with van der Waals surface area (Å²) in [5, 5.41) is 0. The lowest BCUT2D eigenvalue weighted by Gasteiger charge is -2.20. The van der Waals surface area contributed by atoms with Crippen LogP contribution in [0.5, 0.6) is 0 Å². The number of hydrogen-bond donors (Lipinski definition) is 0. The Kier molecular flexibility index (Phi) is 26.9. The van der Waals surface area contributed by atoms with E-state index in [1.165, 1.54) is 70.6 Å². The maximum absolute atomic E-state index is 5.80. The van der Waals surface area contributed by atoms with Gasteiger partial charge in [0.2, 0.25) is 0 Å². The molecule has 8 heteroatoms. The van der Waals surface area contributed by atoms with Crippen LogP contribution in [0.25, 0.3) is 0 Å². The van der Waals surface area contributed by atoms with E-state index in [1.807, 2.05) is 0 Å². The summed E-state index contributed by atoms with van der Waals surface area (Å²) in [4.78, 5) is 0. The van der Waals surface area contributed by atoms with Gasteiger partial charge in [-0.15, -0.1) is 0 Å². The summed E-state index contributed by atoms with van der Waals surface area (Å²) in [5.41, 5.74) is 0. The molecule has 0 aromatic rings. The minimum atomic E-state index is 0.0524. The van der Waals surface area contributed by atoms with Gasteiger partial charge in [0.05, 0.1) is 48.8 Å². The van der Waals surface area contributed by atoms with Gasteiger partial charge in [-0.1, -0.05) is 92.4 Å². The highest BCUT2D eigenvalue weighted by atomic mass is 16.7. The van der Waals surface area contributed by atoms with Gasteiger partial charge in [-0.25, -0.2) is 0 Å². The van der Waals surface area contributed by atoms with E-state index in [0.29, 0.717) is 5.92 Å². The fraction of sp³-hybridized carbons (Fsp3) is 1.00. The van der Waals surface area contributed by atoms with Crippen molar-refractivity contribution < 1.29 is 37.9 Å². The lowest BCUT2D eigenvalue weighted by Crippen LogP contribution is -2.21. The molecule has 8 nitrogen and oxygen atoms in total. The van der Waals surface area contributed by atoms with Gasteiger partial charge >= 0.3 is 0 Å². The summed E-state index contributed by atoms with van der Waals surface area (Å²) in [7, 11) is 0. The fourth-order valence-corrected chi connectivity index (χ4v) is 6.21. The number of ether oxygens (including phenoxy) is 8. The first-order valence-corrected chi connectivity index (χ1v) is 21.1. The van der Waals surface area contributed by atoms with Crippen molar-refractivity contribution in [2.75, 3.05) is 0 Å². The standard InChI is InChI=1S/2C12H24O2.C10H20O2.C8H16O2/c1-5-7-8-11(6-2)12-13-9(3)10(4)14-12;1-4-5-6-7-8-9-12-13-10(2)11(3)14-12;1-4-5-6-7-10-11-8(2)9(3)12-10;1-4-5-8-9-6(2)7(3)10-8/h9-12H,5-8H2,1-4H3;10-12H,4-9H2,1-3H3;8-10H,4-7H2,1-3H3;6-8H,4-5H2,1-3H3. The quantitative estimate of drug-likeness (QED) is 0.138. The van der Waals surface area contributed by atoms with E-state index in [1.54, 1.807) is 0 Å². The first kappa shape index (κ1) is 47.7. The fourth-order valence-electron chi connectivity index (χ4n) is 6.21. The van der Waals surface area contributed by atoms with Crippen molar-refractivity contribution in [1.29, 1.82) is 0 Å². The van der Waals surface area contributed by atoms with Crippen LogP contribution in [0, 0.1) is 5.92 Å². The van der Waals surface area contributed by atoms with Crippen LogP contribution in [-0.2, 0) is 37.9 Å². The third-order valence-corrected chi connectivity index (χ3v) is 10.5. The zero-order valence-electron chi connectivity index (χ0n) is 35.1. The second-order valence-corrected chi connectivity index (χ2v) is 15.2. The lowest BCUT2D eigenvalue weighted by atomic mass is 9.99. The highest BCUT2D eigenvalue weighted by molar-refractivity contribution is 4.74. The predicted octanol–water partition coefficient (Wildman–Crippen LogP) is 11.5. The second-order valence-electron chi connectivity index (χ2n) is 15.2. The van der Waals surface area contributed by atoms with E-state index in [2.05, 4.69) is 90.0 Å². The highest BCUT2D eigenvalue weighted by Gasteiger charge is 2.34. The third kappa shape index (κ3) is 19.7. The average Bonchev–Trinajstić information content (AvgIpc) is 3.80. The summed E-state index contributed by atoms with van der Waals surface area (Å²) >= 11 is 0. The summed E-state index contributed by atoms with van der Waals surface area (Å²) in [5.74, 6) is 0.586. The summed E-state index contributed by atoms with van der Waals surface area (Å²) in [6, 6.07) is 0. The summed E-state index contributed by atoms with van der Waals surface area (Å²) in [6.45, 7) is 27.7. The van der Waals surface area contributed by atoms with E-state index in [4.69, 9.17) is 37.9 Å². The molecule has 0 spiro atoms. The molecule has 0 bridgehead atoms. The molecule has 0 N–H and O–H groups in total. The van der Waals surface area contributed by atoms with Gasteiger partial charge in [0.25, 0.3) is 0 Å². The smallest absolute Gasteiger partial charge is 0.161 e. The minimum absolute atomic E-state index is 0.0524. The molecule has 9 atom stereocenters. The molecule has 0 radical (unpaired) electrons. The molecule has 4 saturated heterocycles. The molecule has 0 saturated carbocycles. The van der Waals surface area contributed by atoms with Gasteiger partial charge < -0.3 is 37.9 Å². The van der Waals surface area contributed by atoms with Crippen molar-refractivity contribution in [2.24, 2.45) is 5.92 Å². The minimum Gasteiger partial charge on any atom is -0.347 e. The molecule has 50 heavy (non-hydrogen) atoms. The Hall–Kier alpha value is -0.320. The molecule has 4 aliphatic rings. The molecule has 0 aliphatic carbocycles. The largest absolute Gasteiger partial charge is 0.347 e. The van der Waals surface area contributed by atoms with Gasteiger partial charge in [0, 0.05) is 5.92 Å². The monoisotopic (exact) mass is 717 g/mol. The normalized spacial score (nSPS) is 35.5. The van der Waals surface area contributed by atoms with E-state index < -0.39 is 0 Å². The average molecular weight is 717 g/mol. The number of rotatable bonds is 17. The van der Waals surface area contributed by atoms with E-state index in [-0.39, 0.29) is 74.0 Å². The topological polar surface area (TPSA) is 73.8 Å². The Morgan fingerprint density at radius 3 is 1.02 bits per heavy atom. The first-order valence-electron chi connectivity index (χ1n) is 21.1. The molecule has 0 aromatic carbocycles. The Morgan fingerprint density at radius 1 is 0.340 bits per heavy atom. The molecule has 4 rings (SSSR count). The van der Waals surface area contributed by atoms with Crippen molar-refractivity contribution in [3.63, 3.8) is 0 Å². The number of unbranched alkanes of at least 4 members (excludes halogenated alkanes) is 7. The highest BCUT2D eigenvalue weighted by Crippen LogP contribution is 2.29. The predicted molar refractivity (Wildman–Crippen MR) is 205 cm³/mol. The molecule has 0 amide bonds. The van der Waals surface area contributed by atoms with Crippen LogP contribution in [0.3, 0.4) is 0 Å². The van der Waals surface area contributed by atoms with E-state index in [0.717, 1.165) is 32.1 Å². The van der Waals surface area contributed by atoms with Gasteiger partial charge in [-0.05, 0) is 100 Å². The van der Waals surface area contributed by atoms with Crippen LogP contribution >= 0.6 is 0 Å². The zero-order valence-corrected chi connectivity index (χ0v) is 35.1. The molecule has 300 valence electrons. The second kappa shape index (κ2) is 28.2.